The first-order valence-corrected chi connectivity index (χ1v) is 8.73. The third kappa shape index (κ3) is 6.00. The van der Waals surface area contributed by atoms with Crippen molar-refractivity contribution in [3.63, 3.8) is 0 Å². The van der Waals surface area contributed by atoms with Crippen molar-refractivity contribution < 1.29 is 4.79 Å². The fraction of sp³-hybridized carbons (Fsp3) is 0.500. The Morgan fingerprint density at radius 2 is 2.16 bits per heavy atom. The van der Waals surface area contributed by atoms with Gasteiger partial charge in [-0.25, -0.2) is 0 Å². The number of carbonyl (C=O) groups excluding carboxylic acids is 1. The van der Waals surface area contributed by atoms with Crippen molar-refractivity contribution in [2.75, 3.05) is 11.9 Å². The summed E-state index contributed by atoms with van der Waals surface area (Å²) in [5.41, 5.74) is 0.720. The van der Waals surface area contributed by atoms with Gasteiger partial charge in [0.25, 0.3) is 5.91 Å². The van der Waals surface area contributed by atoms with Gasteiger partial charge in [-0.05, 0) is 59.0 Å². The Balaban J connectivity index is 2.57. The van der Waals surface area contributed by atoms with Crippen molar-refractivity contribution >= 4 is 56.0 Å². The molecular formula is C14H18BrClINO. The maximum Gasteiger partial charge on any atom is 0.251 e. The van der Waals surface area contributed by atoms with E-state index in [2.05, 4.69) is 57.7 Å². The lowest BCUT2D eigenvalue weighted by Crippen LogP contribution is -2.34. The number of hydrogen-bond donors (Lipinski definition) is 1. The molecule has 0 radical (unpaired) electrons. The summed E-state index contributed by atoms with van der Waals surface area (Å²) in [5, 5.41) is 4.59. The highest BCUT2D eigenvalue weighted by Crippen LogP contribution is 2.22. The Morgan fingerprint density at radius 1 is 1.47 bits per heavy atom. The van der Waals surface area contributed by atoms with Crippen molar-refractivity contribution in [1.29, 1.82) is 0 Å². The number of halogens is 3. The van der Waals surface area contributed by atoms with Crippen LogP contribution in [0.1, 0.15) is 37.0 Å². The minimum Gasteiger partial charge on any atom is -0.352 e. The lowest BCUT2D eigenvalue weighted by molar-refractivity contribution is 0.0934. The van der Waals surface area contributed by atoms with Crippen molar-refractivity contribution in [2.24, 2.45) is 5.41 Å². The average molecular weight is 459 g/mol. The molecule has 5 heteroatoms. The second-order valence-corrected chi connectivity index (χ2v) is 7.63. The molecule has 0 saturated heterocycles. The van der Waals surface area contributed by atoms with Crippen molar-refractivity contribution in [3.05, 3.63) is 32.4 Å². The van der Waals surface area contributed by atoms with E-state index in [1.165, 1.54) is 0 Å². The molecule has 106 valence electrons. The van der Waals surface area contributed by atoms with Gasteiger partial charge in [0.15, 0.2) is 0 Å². The van der Waals surface area contributed by atoms with E-state index in [1.54, 1.807) is 12.1 Å². The molecule has 19 heavy (non-hydrogen) atoms. The van der Waals surface area contributed by atoms with Crippen LogP contribution in [0.4, 0.5) is 0 Å². The normalized spacial score (nSPS) is 11.4. The van der Waals surface area contributed by atoms with E-state index in [4.69, 9.17) is 11.6 Å². The molecule has 0 heterocycles. The van der Waals surface area contributed by atoms with Crippen LogP contribution in [0.15, 0.2) is 18.2 Å². The molecule has 1 rings (SSSR count). The number of nitrogens with one attached hydrogen (secondary N) is 1. The Hall–Kier alpha value is 0.190. The number of hydrogen-bond acceptors (Lipinski definition) is 1. The van der Waals surface area contributed by atoms with Gasteiger partial charge >= 0.3 is 0 Å². The molecule has 0 unspecified atom stereocenters. The molecule has 2 nitrogen and oxygen atoms in total. The zero-order chi connectivity index (χ0) is 14.5. The smallest absolute Gasteiger partial charge is 0.251 e. The zero-order valence-corrected chi connectivity index (χ0v) is 15.6. The SMILES string of the molecule is CC(C)(CCCBr)CNC(=O)c1ccc(I)c(Cl)c1. The highest BCUT2D eigenvalue weighted by atomic mass is 127. The van der Waals surface area contributed by atoms with Crippen LogP contribution in [-0.4, -0.2) is 17.8 Å². The number of alkyl halides is 1. The number of carbonyl (C=O) groups is 1. The topological polar surface area (TPSA) is 29.1 Å². The molecule has 0 bridgehead atoms. The summed E-state index contributed by atoms with van der Waals surface area (Å²) in [6, 6.07) is 5.37. The van der Waals surface area contributed by atoms with Gasteiger partial charge in [-0.1, -0.05) is 41.4 Å². The summed E-state index contributed by atoms with van der Waals surface area (Å²) in [6.07, 6.45) is 2.18. The molecule has 0 aliphatic carbocycles. The highest BCUT2D eigenvalue weighted by molar-refractivity contribution is 14.1. The van der Waals surface area contributed by atoms with Crippen LogP contribution >= 0.6 is 50.1 Å². The van der Waals surface area contributed by atoms with Gasteiger partial charge in [-0.15, -0.1) is 0 Å². The molecule has 0 aromatic heterocycles. The van der Waals surface area contributed by atoms with Gasteiger partial charge in [0.2, 0.25) is 0 Å². The number of rotatable bonds is 6. The molecule has 1 aromatic carbocycles. The first kappa shape index (κ1) is 17.2. The number of benzene rings is 1. The summed E-state index contributed by atoms with van der Waals surface area (Å²) in [4.78, 5) is 12.0. The first-order chi connectivity index (χ1) is 8.85. The van der Waals surface area contributed by atoms with E-state index >= 15 is 0 Å². The molecule has 0 atom stereocenters. The standard InChI is InChI=1S/C14H18BrClINO/c1-14(2,6-3-7-15)9-18-13(19)10-4-5-12(17)11(16)8-10/h4-5,8H,3,6-7,9H2,1-2H3,(H,18,19). The fourth-order valence-corrected chi connectivity index (χ4v) is 2.49. The summed E-state index contributed by atoms with van der Waals surface area (Å²) in [5.74, 6) is -0.0646. The lowest BCUT2D eigenvalue weighted by atomic mass is 9.88. The Bertz CT molecular complexity index is 451. The van der Waals surface area contributed by atoms with E-state index in [1.807, 2.05) is 6.07 Å². The maximum atomic E-state index is 12.0. The van der Waals surface area contributed by atoms with Gasteiger partial charge in [0.05, 0.1) is 5.02 Å². The largest absolute Gasteiger partial charge is 0.352 e. The second-order valence-electron chi connectivity index (χ2n) is 5.27. The molecule has 1 amide bonds. The van der Waals surface area contributed by atoms with Crippen LogP contribution in [0.5, 0.6) is 0 Å². The quantitative estimate of drug-likeness (QED) is 0.478. The molecule has 0 fully saturated rings. The van der Waals surface area contributed by atoms with Crippen molar-refractivity contribution in [1.82, 2.24) is 5.32 Å². The van der Waals surface area contributed by atoms with Gasteiger partial charge in [0.1, 0.15) is 0 Å². The van der Waals surface area contributed by atoms with Gasteiger partial charge in [-0.3, -0.25) is 4.79 Å². The molecule has 0 saturated carbocycles. The third-order valence-corrected chi connectivity index (χ3v) is 5.03. The summed E-state index contributed by atoms with van der Waals surface area (Å²) in [6.45, 7) is 5.00. The minimum atomic E-state index is -0.0646. The van der Waals surface area contributed by atoms with Gasteiger partial charge in [-0.2, -0.15) is 0 Å². The van der Waals surface area contributed by atoms with Crippen molar-refractivity contribution in [3.8, 4) is 0 Å². The first-order valence-electron chi connectivity index (χ1n) is 6.15. The predicted molar refractivity (Wildman–Crippen MR) is 93.3 cm³/mol. The molecule has 1 N–H and O–H groups in total. The average Bonchev–Trinajstić information content (AvgIpc) is 2.37. The Morgan fingerprint density at radius 3 is 2.74 bits per heavy atom. The van der Waals surface area contributed by atoms with Crippen LogP contribution in [0.25, 0.3) is 0 Å². The predicted octanol–water partition coefficient (Wildman–Crippen LogP) is 4.88. The summed E-state index contributed by atoms with van der Waals surface area (Å²) >= 11 is 11.6. The Labute approximate surface area is 141 Å². The Kier molecular flexibility index (Phi) is 7.11. The van der Waals surface area contributed by atoms with Crippen LogP contribution < -0.4 is 5.32 Å². The van der Waals surface area contributed by atoms with E-state index in [9.17, 15) is 4.79 Å². The van der Waals surface area contributed by atoms with Gasteiger partial charge < -0.3 is 5.32 Å². The van der Waals surface area contributed by atoms with E-state index in [0.717, 1.165) is 21.7 Å². The molecule has 0 spiro atoms. The molecule has 0 aliphatic rings. The minimum absolute atomic E-state index is 0.0646. The monoisotopic (exact) mass is 457 g/mol. The van der Waals surface area contributed by atoms with Crippen LogP contribution in [0.3, 0.4) is 0 Å². The fourth-order valence-electron chi connectivity index (χ4n) is 1.69. The van der Waals surface area contributed by atoms with Crippen LogP contribution in [0, 0.1) is 8.99 Å². The lowest BCUT2D eigenvalue weighted by Gasteiger charge is -2.24. The highest BCUT2D eigenvalue weighted by Gasteiger charge is 2.18. The van der Waals surface area contributed by atoms with E-state index in [-0.39, 0.29) is 11.3 Å². The van der Waals surface area contributed by atoms with E-state index in [0.29, 0.717) is 17.1 Å². The second kappa shape index (κ2) is 7.84. The van der Waals surface area contributed by atoms with Crippen LogP contribution in [0.2, 0.25) is 5.02 Å². The molecule has 1 aromatic rings. The third-order valence-electron chi connectivity index (χ3n) is 2.90. The summed E-state index contributed by atoms with van der Waals surface area (Å²) in [7, 11) is 0. The maximum absolute atomic E-state index is 12.0. The number of amides is 1. The van der Waals surface area contributed by atoms with Crippen molar-refractivity contribution in [2.45, 2.75) is 26.7 Å². The molecule has 0 aliphatic heterocycles. The zero-order valence-electron chi connectivity index (χ0n) is 11.1. The summed E-state index contributed by atoms with van der Waals surface area (Å²) < 4.78 is 0.952. The molecular weight excluding hydrogens is 440 g/mol. The van der Waals surface area contributed by atoms with E-state index < -0.39 is 0 Å². The van der Waals surface area contributed by atoms with Crippen LogP contribution in [-0.2, 0) is 0 Å². The van der Waals surface area contributed by atoms with Gasteiger partial charge in [0, 0.05) is 21.0 Å².